The van der Waals surface area contributed by atoms with Crippen LogP contribution in [0.4, 0.5) is 0 Å². The minimum absolute atomic E-state index is 0.177. The second-order valence-corrected chi connectivity index (χ2v) is 6.52. The van der Waals surface area contributed by atoms with Gasteiger partial charge < -0.3 is 9.88 Å². The Morgan fingerprint density at radius 3 is 2.64 bits per heavy atom. The lowest BCUT2D eigenvalue weighted by Gasteiger charge is -2.17. The highest BCUT2D eigenvalue weighted by Crippen LogP contribution is 2.24. The molecule has 0 saturated carbocycles. The molecule has 0 radical (unpaired) electrons. The van der Waals surface area contributed by atoms with E-state index in [0.717, 1.165) is 22.4 Å². The van der Waals surface area contributed by atoms with Crippen LogP contribution in [0.25, 0.3) is 11.0 Å². The van der Waals surface area contributed by atoms with Crippen molar-refractivity contribution in [1.29, 1.82) is 0 Å². The Balaban J connectivity index is 2.04. The molecule has 0 spiro atoms. The molecule has 1 N–H and O–H groups in total. The number of imidazole rings is 1. The van der Waals surface area contributed by atoms with Gasteiger partial charge in [-0.3, -0.25) is 4.79 Å². The largest absolute Gasteiger partial charge is 0.343 e. The van der Waals surface area contributed by atoms with Gasteiger partial charge in [-0.15, -0.1) is 0 Å². The summed E-state index contributed by atoms with van der Waals surface area (Å²) in [7, 11) is 0. The van der Waals surface area contributed by atoms with Crippen molar-refractivity contribution in [1.82, 2.24) is 14.9 Å². The minimum atomic E-state index is -0.251. The van der Waals surface area contributed by atoms with Crippen molar-refractivity contribution in [3.63, 3.8) is 0 Å². The summed E-state index contributed by atoms with van der Waals surface area (Å²) in [4.78, 5) is 16.7. The minimum Gasteiger partial charge on any atom is -0.343 e. The van der Waals surface area contributed by atoms with Gasteiger partial charge >= 0.3 is 0 Å². The summed E-state index contributed by atoms with van der Waals surface area (Å²) in [5.41, 5.74) is 3.38. The normalized spacial score (nSPS) is 12.1. The quantitative estimate of drug-likeness (QED) is 0.687. The van der Waals surface area contributed by atoms with E-state index in [0.29, 0.717) is 17.1 Å². The SMILES string of the molecule is C=C(C)C(=O)NC(C)c1nc2ccccc2n1Cc1ccccc1Cl. The number of fused-ring (bicyclic) bond motifs is 1. The van der Waals surface area contributed by atoms with Crippen molar-refractivity contribution < 1.29 is 4.79 Å². The van der Waals surface area contributed by atoms with Crippen LogP contribution in [0.3, 0.4) is 0 Å². The van der Waals surface area contributed by atoms with Crippen molar-refractivity contribution >= 4 is 28.5 Å². The molecule has 1 heterocycles. The van der Waals surface area contributed by atoms with Crippen LogP contribution in [0.2, 0.25) is 5.02 Å². The highest BCUT2D eigenvalue weighted by molar-refractivity contribution is 6.31. The number of carbonyl (C=O) groups is 1. The molecular formula is C20H20ClN3O. The lowest BCUT2D eigenvalue weighted by Crippen LogP contribution is -2.29. The van der Waals surface area contributed by atoms with Gasteiger partial charge in [-0.25, -0.2) is 4.98 Å². The zero-order valence-electron chi connectivity index (χ0n) is 14.3. The van der Waals surface area contributed by atoms with E-state index < -0.39 is 0 Å². The Hall–Kier alpha value is -2.59. The Bertz CT molecular complexity index is 945. The first-order valence-electron chi connectivity index (χ1n) is 8.12. The molecule has 0 aliphatic rings. The highest BCUT2D eigenvalue weighted by atomic mass is 35.5. The third-order valence-corrected chi connectivity index (χ3v) is 4.46. The van der Waals surface area contributed by atoms with Gasteiger partial charge in [-0.1, -0.05) is 48.5 Å². The Morgan fingerprint density at radius 2 is 1.92 bits per heavy atom. The second kappa shape index (κ2) is 7.11. The summed E-state index contributed by atoms with van der Waals surface area (Å²) in [5.74, 6) is 0.611. The molecule has 0 bridgehead atoms. The standard InChI is InChI=1S/C20H20ClN3O/c1-13(2)20(25)22-14(3)19-23-17-10-6-7-11-18(17)24(19)12-15-8-4-5-9-16(15)21/h4-11,14H,1,12H2,2-3H3,(H,22,25). The highest BCUT2D eigenvalue weighted by Gasteiger charge is 2.19. The number of hydrogen-bond acceptors (Lipinski definition) is 2. The van der Waals surface area contributed by atoms with Crippen molar-refractivity contribution in [2.24, 2.45) is 0 Å². The van der Waals surface area contributed by atoms with Crippen molar-refractivity contribution in [3.8, 4) is 0 Å². The maximum atomic E-state index is 12.0. The molecule has 1 unspecified atom stereocenters. The van der Waals surface area contributed by atoms with Crippen LogP contribution in [-0.2, 0) is 11.3 Å². The Morgan fingerprint density at radius 1 is 1.24 bits per heavy atom. The third kappa shape index (κ3) is 3.59. The van der Waals surface area contributed by atoms with Crippen molar-refractivity contribution in [3.05, 3.63) is 77.1 Å². The van der Waals surface area contributed by atoms with Gasteiger partial charge in [0, 0.05) is 10.6 Å². The van der Waals surface area contributed by atoms with Gasteiger partial charge in [0.1, 0.15) is 5.82 Å². The first kappa shape index (κ1) is 17.2. The lowest BCUT2D eigenvalue weighted by molar-refractivity contribution is -0.118. The van der Waals surface area contributed by atoms with Gasteiger partial charge in [0.05, 0.1) is 23.6 Å². The lowest BCUT2D eigenvalue weighted by atomic mass is 10.2. The van der Waals surface area contributed by atoms with Crippen LogP contribution in [0.15, 0.2) is 60.7 Å². The van der Waals surface area contributed by atoms with Crippen molar-refractivity contribution in [2.45, 2.75) is 26.4 Å². The fourth-order valence-corrected chi connectivity index (χ4v) is 2.97. The molecular weight excluding hydrogens is 334 g/mol. The Labute approximate surface area is 152 Å². The van der Waals surface area contributed by atoms with Crippen molar-refractivity contribution in [2.75, 3.05) is 0 Å². The summed E-state index contributed by atoms with van der Waals surface area (Å²) < 4.78 is 2.10. The number of aromatic nitrogens is 2. The van der Waals surface area contributed by atoms with Crippen LogP contribution >= 0.6 is 11.6 Å². The molecule has 128 valence electrons. The van der Waals surface area contributed by atoms with E-state index in [1.54, 1.807) is 6.92 Å². The van der Waals surface area contributed by atoms with E-state index in [2.05, 4.69) is 16.5 Å². The van der Waals surface area contributed by atoms with Crippen LogP contribution in [0.5, 0.6) is 0 Å². The fourth-order valence-electron chi connectivity index (χ4n) is 2.77. The molecule has 5 heteroatoms. The zero-order chi connectivity index (χ0) is 18.0. The maximum absolute atomic E-state index is 12.0. The molecule has 0 aliphatic carbocycles. The van der Waals surface area contributed by atoms with E-state index in [4.69, 9.17) is 16.6 Å². The maximum Gasteiger partial charge on any atom is 0.246 e. The number of amides is 1. The van der Waals surface area contributed by atoms with E-state index in [-0.39, 0.29) is 11.9 Å². The summed E-state index contributed by atoms with van der Waals surface area (Å²) in [6.45, 7) is 7.89. The average Bonchev–Trinajstić information content (AvgIpc) is 2.95. The average molecular weight is 354 g/mol. The van der Waals surface area contributed by atoms with Gasteiger partial charge in [0.2, 0.25) is 5.91 Å². The van der Waals surface area contributed by atoms with E-state index in [1.165, 1.54) is 0 Å². The van der Waals surface area contributed by atoms with Crippen LogP contribution in [0, 0.1) is 0 Å². The van der Waals surface area contributed by atoms with Crippen LogP contribution < -0.4 is 5.32 Å². The monoisotopic (exact) mass is 353 g/mol. The number of para-hydroxylation sites is 2. The first-order chi connectivity index (χ1) is 12.0. The summed E-state index contributed by atoms with van der Waals surface area (Å²) in [5, 5.41) is 3.66. The second-order valence-electron chi connectivity index (χ2n) is 6.11. The Kier molecular flexibility index (Phi) is 4.91. The summed E-state index contributed by atoms with van der Waals surface area (Å²) >= 11 is 6.34. The van der Waals surface area contributed by atoms with Gasteiger partial charge in [-0.05, 0) is 37.6 Å². The number of rotatable bonds is 5. The molecule has 3 aromatic rings. The molecule has 4 nitrogen and oxygen atoms in total. The number of nitrogens with one attached hydrogen (secondary N) is 1. The molecule has 25 heavy (non-hydrogen) atoms. The van der Waals surface area contributed by atoms with E-state index >= 15 is 0 Å². The molecule has 0 fully saturated rings. The molecule has 0 aliphatic heterocycles. The molecule has 0 saturated heterocycles. The van der Waals surface area contributed by atoms with E-state index in [1.807, 2.05) is 55.5 Å². The summed E-state index contributed by atoms with van der Waals surface area (Å²) in [6.07, 6.45) is 0. The smallest absolute Gasteiger partial charge is 0.246 e. The molecule has 1 atom stereocenters. The van der Waals surface area contributed by atoms with Gasteiger partial charge in [0.15, 0.2) is 0 Å². The predicted molar refractivity (Wildman–Crippen MR) is 102 cm³/mol. The molecule has 1 aromatic heterocycles. The zero-order valence-corrected chi connectivity index (χ0v) is 15.0. The predicted octanol–water partition coefficient (Wildman–Crippen LogP) is 4.49. The van der Waals surface area contributed by atoms with Gasteiger partial charge in [0.25, 0.3) is 0 Å². The summed E-state index contributed by atoms with van der Waals surface area (Å²) in [6, 6.07) is 15.4. The van der Waals surface area contributed by atoms with Gasteiger partial charge in [-0.2, -0.15) is 0 Å². The number of carbonyl (C=O) groups excluding carboxylic acids is 1. The molecule has 1 amide bonds. The number of nitrogens with zero attached hydrogens (tertiary/aromatic N) is 2. The van der Waals surface area contributed by atoms with E-state index in [9.17, 15) is 4.79 Å². The number of benzene rings is 2. The topological polar surface area (TPSA) is 46.9 Å². The molecule has 3 rings (SSSR count). The molecule has 2 aromatic carbocycles. The van der Waals surface area contributed by atoms with Crippen LogP contribution in [-0.4, -0.2) is 15.5 Å². The number of hydrogen-bond donors (Lipinski definition) is 1. The van der Waals surface area contributed by atoms with Crippen LogP contribution in [0.1, 0.15) is 31.3 Å². The fraction of sp³-hybridized carbons (Fsp3) is 0.200. The third-order valence-electron chi connectivity index (χ3n) is 4.09. The first-order valence-corrected chi connectivity index (χ1v) is 8.50. The number of halogens is 1.